The van der Waals surface area contributed by atoms with Crippen molar-refractivity contribution in [2.24, 2.45) is 5.92 Å². The SMILES string of the molecule is CN1C2CCCC1CC(C(=O)c1cc(F)c(C#N)cc1F)C2. The Morgan fingerprint density at radius 2 is 1.86 bits per heavy atom. The van der Waals surface area contributed by atoms with Crippen LogP contribution in [0.5, 0.6) is 0 Å². The van der Waals surface area contributed by atoms with Crippen molar-refractivity contribution in [3.63, 3.8) is 0 Å². The summed E-state index contributed by atoms with van der Waals surface area (Å²) in [6.45, 7) is 0. The summed E-state index contributed by atoms with van der Waals surface area (Å²) in [5, 5.41) is 8.71. The number of fused-ring (bicyclic) bond motifs is 2. The number of rotatable bonds is 2. The minimum atomic E-state index is -0.833. The first-order valence-corrected chi connectivity index (χ1v) is 7.66. The number of hydrogen-bond acceptors (Lipinski definition) is 3. The number of nitrogens with zero attached hydrogens (tertiary/aromatic N) is 2. The molecular weight excluding hydrogens is 286 g/mol. The van der Waals surface area contributed by atoms with Gasteiger partial charge in [-0.3, -0.25) is 4.79 Å². The lowest BCUT2D eigenvalue weighted by Crippen LogP contribution is -2.51. The summed E-state index contributed by atoms with van der Waals surface area (Å²) in [5.74, 6) is -2.22. The van der Waals surface area contributed by atoms with Gasteiger partial charge in [0.2, 0.25) is 0 Å². The molecule has 3 rings (SSSR count). The Morgan fingerprint density at radius 3 is 2.45 bits per heavy atom. The minimum Gasteiger partial charge on any atom is -0.300 e. The van der Waals surface area contributed by atoms with Crippen LogP contribution in [0.2, 0.25) is 0 Å². The van der Waals surface area contributed by atoms with Crippen molar-refractivity contribution in [2.45, 2.75) is 44.2 Å². The number of carbonyl (C=O) groups excluding carboxylic acids is 1. The maximum absolute atomic E-state index is 14.0. The van der Waals surface area contributed by atoms with Crippen molar-refractivity contribution in [3.05, 3.63) is 34.9 Å². The van der Waals surface area contributed by atoms with Crippen LogP contribution < -0.4 is 0 Å². The average molecular weight is 304 g/mol. The molecular formula is C17H18F2N2O. The van der Waals surface area contributed by atoms with Gasteiger partial charge in [-0.1, -0.05) is 6.42 Å². The molecule has 0 saturated carbocycles. The fraction of sp³-hybridized carbons (Fsp3) is 0.529. The highest BCUT2D eigenvalue weighted by Crippen LogP contribution is 2.37. The zero-order valence-corrected chi connectivity index (χ0v) is 12.5. The lowest BCUT2D eigenvalue weighted by atomic mass is 9.76. The summed E-state index contributed by atoms with van der Waals surface area (Å²) in [6, 6.07) is 3.99. The Bertz CT molecular complexity index is 639. The first-order chi connectivity index (χ1) is 10.5. The lowest BCUT2D eigenvalue weighted by Gasteiger charge is -2.46. The van der Waals surface area contributed by atoms with Gasteiger partial charge in [-0.15, -0.1) is 0 Å². The molecule has 2 aliphatic heterocycles. The van der Waals surface area contributed by atoms with Gasteiger partial charge in [0.15, 0.2) is 5.78 Å². The first kappa shape index (κ1) is 15.1. The van der Waals surface area contributed by atoms with Gasteiger partial charge in [-0.25, -0.2) is 8.78 Å². The van der Waals surface area contributed by atoms with Gasteiger partial charge in [0.25, 0.3) is 0 Å². The molecule has 2 aliphatic rings. The van der Waals surface area contributed by atoms with Crippen molar-refractivity contribution in [1.29, 1.82) is 5.26 Å². The normalized spacial score (nSPS) is 28.2. The highest BCUT2D eigenvalue weighted by Gasteiger charge is 2.39. The molecule has 2 heterocycles. The number of hydrogen-bond donors (Lipinski definition) is 0. The van der Waals surface area contributed by atoms with Gasteiger partial charge in [-0.2, -0.15) is 5.26 Å². The lowest BCUT2D eigenvalue weighted by molar-refractivity contribution is 0.0336. The average Bonchev–Trinajstić information content (AvgIpc) is 2.48. The van der Waals surface area contributed by atoms with Gasteiger partial charge in [0.05, 0.1) is 11.1 Å². The quantitative estimate of drug-likeness (QED) is 0.788. The van der Waals surface area contributed by atoms with E-state index < -0.39 is 11.6 Å². The van der Waals surface area contributed by atoms with Crippen LogP contribution in [-0.2, 0) is 0 Å². The Labute approximate surface area is 128 Å². The van der Waals surface area contributed by atoms with E-state index in [0.29, 0.717) is 24.9 Å². The number of carbonyl (C=O) groups is 1. The van der Waals surface area contributed by atoms with Crippen LogP contribution in [0, 0.1) is 28.9 Å². The van der Waals surface area contributed by atoms with Gasteiger partial charge in [-0.05, 0) is 44.9 Å². The second-order valence-electron chi connectivity index (χ2n) is 6.36. The Kier molecular flexibility index (Phi) is 3.96. The summed E-state index contributed by atoms with van der Waals surface area (Å²) in [4.78, 5) is 14.9. The monoisotopic (exact) mass is 304 g/mol. The van der Waals surface area contributed by atoms with Gasteiger partial charge in [0.1, 0.15) is 17.7 Å². The van der Waals surface area contributed by atoms with Crippen LogP contribution in [0.4, 0.5) is 8.78 Å². The van der Waals surface area contributed by atoms with Gasteiger partial charge >= 0.3 is 0 Å². The van der Waals surface area contributed by atoms with E-state index in [-0.39, 0.29) is 22.8 Å². The molecule has 1 aromatic rings. The molecule has 2 unspecified atom stereocenters. The van der Waals surface area contributed by atoms with Crippen LogP contribution in [0.25, 0.3) is 0 Å². The van der Waals surface area contributed by atoms with E-state index >= 15 is 0 Å². The van der Waals surface area contributed by atoms with Crippen molar-refractivity contribution in [1.82, 2.24) is 4.90 Å². The molecule has 0 spiro atoms. The summed E-state index contributed by atoms with van der Waals surface area (Å²) in [5.41, 5.74) is -0.585. The maximum atomic E-state index is 14.0. The Morgan fingerprint density at radius 1 is 1.23 bits per heavy atom. The highest BCUT2D eigenvalue weighted by atomic mass is 19.1. The van der Waals surface area contributed by atoms with Crippen molar-refractivity contribution >= 4 is 5.78 Å². The van der Waals surface area contributed by atoms with Crippen molar-refractivity contribution < 1.29 is 13.6 Å². The maximum Gasteiger partial charge on any atom is 0.169 e. The van der Waals surface area contributed by atoms with Crippen molar-refractivity contribution in [2.75, 3.05) is 7.05 Å². The minimum absolute atomic E-state index is 0.218. The molecule has 2 saturated heterocycles. The predicted octanol–water partition coefficient (Wildman–Crippen LogP) is 3.28. The number of halogens is 2. The number of Topliss-reactive ketones (excluding diaryl/α,β-unsaturated/α-hetero) is 1. The van der Waals surface area contributed by atoms with E-state index in [1.54, 1.807) is 6.07 Å². The van der Waals surface area contributed by atoms with E-state index in [1.165, 1.54) is 6.42 Å². The predicted molar refractivity (Wildman–Crippen MR) is 77.3 cm³/mol. The molecule has 0 aliphatic carbocycles. The molecule has 1 aromatic carbocycles. The molecule has 0 N–H and O–H groups in total. The van der Waals surface area contributed by atoms with E-state index in [4.69, 9.17) is 5.26 Å². The third-order valence-electron chi connectivity index (χ3n) is 5.15. The van der Waals surface area contributed by atoms with E-state index in [2.05, 4.69) is 11.9 Å². The van der Waals surface area contributed by atoms with Crippen LogP contribution in [-0.4, -0.2) is 29.8 Å². The van der Waals surface area contributed by atoms with Crippen LogP contribution in [0.15, 0.2) is 12.1 Å². The van der Waals surface area contributed by atoms with Crippen molar-refractivity contribution in [3.8, 4) is 6.07 Å². The number of benzene rings is 1. The number of nitriles is 1. The summed E-state index contributed by atoms with van der Waals surface area (Å²) in [6.07, 6.45) is 4.68. The van der Waals surface area contributed by atoms with E-state index in [0.717, 1.165) is 25.0 Å². The third kappa shape index (κ3) is 2.52. The Hall–Kier alpha value is -1.80. The first-order valence-electron chi connectivity index (χ1n) is 7.66. The number of ketones is 1. The molecule has 2 bridgehead atoms. The van der Waals surface area contributed by atoms with Gasteiger partial charge in [0, 0.05) is 18.0 Å². The molecule has 2 atom stereocenters. The summed E-state index contributed by atoms with van der Waals surface area (Å²) in [7, 11) is 2.08. The summed E-state index contributed by atoms with van der Waals surface area (Å²) >= 11 is 0. The van der Waals surface area contributed by atoms with E-state index in [1.807, 2.05) is 0 Å². The third-order valence-corrected chi connectivity index (χ3v) is 5.15. The molecule has 2 fully saturated rings. The standard InChI is InChI=1S/C17H18F2N2O/c1-21-12-3-2-4-13(21)6-10(5-12)17(22)14-8-15(18)11(9-20)7-16(14)19/h7-8,10,12-13H,2-6H2,1H3. The molecule has 22 heavy (non-hydrogen) atoms. The molecule has 3 nitrogen and oxygen atoms in total. The molecule has 0 amide bonds. The second-order valence-corrected chi connectivity index (χ2v) is 6.36. The van der Waals surface area contributed by atoms with Gasteiger partial charge < -0.3 is 4.90 Å². The molecule has 116 valence electrons. The fourth-order valence-corrected chi connectivity index (χ4v) is 3.87. The highest BCUT2D eigenvalue weighted by molar-refractivity contribution is 5.98. The fourth-order valence-electron chi connectivity index (χ4n) is 3.87. The summed E-state index contributed by atoms with van der Waals surface area (Å²) < 4.78 is 27.7. The molecule has 5 heteroatoms. The van der Waals surface area contributed by atoms with E-state index in [9.17, 15) is 13.6 Å². The zero-order chi connectivity index (χ0) is 15.9. The largest absolute Gasteiger partial charge is 0.300 e. The second kappa shape index (κ2) is 5.77. The zero-order valence-electron chi connectivity index (χ0n) is 12.5. The smallest absolute Gasteiger partial charge is 0.169 e. The topological polar surface area (TPSA) is 44.1 Å². The van der Waals surface area contributed by atoms with Crippen LogP contribution in [0.1, 0.15) is 48.0 Å². The Balaban J connectivity index is 1.86. The number of piperidine rings is 2. The van der Waals surface area contributed by atoms with Crippen LogP contribution in [0.3, 0.4) is 0 Å². The molecule has 0 radical (unpaired) electrons. The molecule has 0 aromatic heterocycles. The van der Waals surface area contributed by atoms with Crippen LogP contribution >= 0.6 is 0 Å².